The van der Waals surface area contributed by atoms with Crippen LogP contribution in [0.2, 0.25) is 0 Å². The van der Waals surface area contributed by atoms with Gasteiger partial charge in [0.1, 0.15) is 16.6 Å². The van der Waals surface area contributed by atoms with Gasteiger partial charge in [-0.2, -0.15) is 0 Å². The van der Waals surface area contributed by atoms with E-state index in [2.05, 4.69) is 15.3 Å². The Morgan fingerprint density at radius 1 is 1.03 bits per heavy atom. The van der Waals surface area contributed by atoms with Crippen molar-refractivity contribution >= 4 is 17.2 Å². The minimum absolute atomic E-state index is 0.0890. The number of nitrogens with zero attached hydrogens (tertiary/aromatic N) is 2. The highest BCUT2D eigenvalue weighted by Gasteiger charge is 2.18. The van der Waals surface area contributed by atoms with Gasteiger partial charge in [-0.1, -0.05) is 24.3 Å². The van der Waals surface area contributed by atoms with Crippen molar-refractivity contribution in [1.82, 2.24) is 15.3 Å². The van der Waals surface area contributed by atoms with E-state index < -0.39 is 11.9 Å². The molecule has 2 heterocycles. The van der Waals surface area contributed by atoms with Crippen LogP contribution in [0.15, 0.2) is 78.4 Å². The number of pyridine rings is 1. The average Bonchev–Trinajstić information content (AvgIpc) is 3.22. The second-order valence-electron chi connectivity index (χ2n) is 7.07. The number of carbonyl (C=O) groups excluding carboxylic acids is 1. The van der Waals surface area contributed by atoms with Crippen molar-refractivity contribution in [2.75, 3.05) is 0 Å². The van der Waals surface area contributed by atoms with E-state index in [9.17, 15) is 13.6 Å². The number of thiazole rings is 1. The van der Waals surface area contributed by atoms with E-state index in [1.165, 1.54) is 35.6 Å². The Kier molecular flexibility index (Phi) is 6.43. The smallest absolute Gasteiger partial charge is 0.226 e. The summed E-state index contributed by atoms with van der Waals surface area (Å²) in [5.41, 5.74) is 2.86. The number of hydrogen-bond acceptors (Lipinski definition) is 4. The number of hydrogen-bond donors (Lipinski definition) is 1. The van der Waals surface area contributed by atoms with E-state index in [-0.39, 0.29) is 18.1 Å². The molecule has 2 aromatic carbocycles. The van der Waals surface area contributed by atoms with Gasteiger partial charge in [-0.15, -0.1) is 11.3 Å². The molecule has 0 radical (unpaired) electrons. The Labute approximate surface area is 182 Å². The van der Waals surface area contributed by atoms with E-state index in [0.717, 1.165) is 10.6 Å². The maximum absolute atomic E-state index is 13.8. The number of halogens is 2. The molecule has 0 saturated heterocycles. The lowest BCUT2D eigenvalue weighted by Gasteiger charge is -2.19. The summed E-state index contributed by atoms with van der Waals surface area (Å²) in [4.78, 5) is 21.4. The fourth-order valence-corrected chi connectivity index (χ4v) is 4.11. The zero-order valence-electron chi connectivity index (χ0n) is 16.5. The zero-order chi connectivity index (χ0) is 21.6. The average molecular weight is 435 g/mol. The molecule has 1 N–H and O–H groups in total. The fourth-order valence-electron chi connectivity index (χ4n) is 3.30. The van der Waals surface area contributed by atoms with Crippen LogP contribution in [0.1, 0.15) is 22.9 Å². The van der Waals surface area contributed by atoms with Crippen LogP contribution in [0.5, 0.6) is 0 Å². The summed E-state index contributed by atoms with van der Waals surface area (Å²) in [6, 6.07) is 15.5. The van der Waals surface area contributed by atoms with Crippen molar-refractivity contribution in [3.05, 3.63) is 107 Å². The lowest BCUT2D eigenvalue weighted by Crippen LogP contribution is -2.31. The Hall–Kier alpha value is -3.45. The van der Waals surface area contributed by atoms with Gasteiger partial charge in [-0.3, -0.25) is 9.78 Å². The summed E-state index contributed by atoms with van der Waals surface area (Å²) in [7, 11) is 0. The van der Waals surface area contributed by atoms with Crippen LogP contribution >= 0.6 is 11.3 Å². The molecule has 0 saturated carbocycles. The predicted molar refractivity (Wildman–Crippen MR) is 116 cm³/mol. The molecule has 156 valence electrons. The summed E-state index contributed by atoms with van der Waals surface area (Å²) in [5, 5.41) is 5.58. The Morgan fingerprint density at radius 2 is 1.84 bits per heavy atom. The van der Waals surface area contributed by atoms with Gasteiger partial charge in [0, 0.05) is 23.3 Å². The van der Waals surface area contributed by atoms with Crippen LogP contribution in [0.4, 0.5) is 8.78 Å². The molecule has 0 aliphatic carbocycles. The van der Waals surface area contributed by atoms with Gasteiger partial charge in [0.05, 0.1) is 18.2 Å². The molecular formula is C24H19F2N3OS. The first-order valence-electron chi connectivity index (χ1n) is 9.71. The molecule has 1 unspecified atom stereocenters. The fraction of sp³-hybridized carbons (Fsp3) is 0.125. The van der Waals surface area contributed by atoms with E-state index in [1.54, 1.807) is 36.7 Å². The predicted octanol–water partition coefficient (Wildman–Crippen LogP) is 5.13. The summed E-state index contributed by atoms with van der Waals surface area (Å²) in [6.45, 7) is 0. The maximum atomic E-state index is 13.8. The Balaban J connectivity index is 1.50. The lowest BCUT2D eigenvalue weighted by atomic mass is 9.98. The van der Waals surface area contributed by atoms with E-state index in [4.69, 9.17) is 0 Å². The second-order valence-corrected chi connectivity index (χ2v) is 7.93. The van der Waals surface area contributed by atoms with E-state index in [0.29, 0.717) is 23.2 Å². The van der Waals surface area contributed by atoms with Crippen molar-refractivity contribution in [2.24, 2.45) is 0 Å². The first-order valence-corrected chi connectivity index (χ1v) is 10.6. The molecule has 4 nitrogen and oxygen atoms in total. The minimum atomic E-state index is -0.499. The number of aromatic nitrogens is 2. The third kappa shape index (κ3) is 5.58. The largest absolute Gasteiger partial charge is 0.349 e. The Bertz CT molecular complexity index is 1180. The molecule has 1 amide bonds. The summed E-state index contributed by atoms with van der Waals surface area (Å²) in [6.07, 6.45) is 3.84. The molecule has 0 bridgehead atoms. The molecular weight excluding hydrogens is 416 g/mol. The highest BCUT2D eigenvalue weighted by atomic mass is 32.1. The lowest BCUT2D eigenvalue weighted by molar-refractivity contribution is -0.121. The van der Waals surface area contributed by atoms with Gasteiger partial charge in [-0.25, -0.2) is 13.8 Å². The van der Waals surface area contributed by atoms with Crippen LogP contribution in [0.3, 0.4) is 0 Å². The molecule has 4 rings (SSSR count). The van der Waals surface area contributed by atoms with Crippen LogP contribution in [-0.2, 0) is 17.6 Å². The highest BCUT2D eigenvalue weighted by molar-refractivity contribution is 7.13. The number of rotatable bonds is 7. The summed E-state index contributed by atoms with van der Waals surface area (Å²) < 4.78 is 27.4. The van der Waals surface area contributed by atoms with Gasteiger partial charge in [-0.05, 0) is 53.9 Å². The molecule has 0 aliphatic heterocycles. The third-order valence-electron chi connectivity index (χ3n) is 4.72. The molecule has 7 heteroatoms. The summed E-state index contributed by atoms with van der Waals surface area (Å²) >= 11 is 1.44. The number of amides is 1. The molecule has 4 aromatic rings. The molecule has 1 atom stereocenters. The second kappa shape index (κ2) is 9.57. The standard InChI is InChI=1S/C24H19F2N3OS/c25-19-7-1-4-16(10-19)11-22(17-5-2-8-20(26)12-17)29-23(30)13-21-15-31-24(28-21)18-6-3-9-27-14-18/h1-10,12,14-15,22H,11,13H2,(H,29,30). The SMILES string of the molecule is O=C(Cc1csc(-c2cccnc2)n1)NC(Cc1cccc(F)c1)c1cccc(F)c1. The summed E-state index contributed by atoms with van der Waals surface area (Å²) in [5.74, 6) is -0.988. The number of nitrogens with one attached hydrogen (secondary N) is 1. The highest BCUT2D eigenvalue weighted by Crippen LogP contribution is 2.24. The van der Waals surface area contributed by atoms with Gasteiger partial charge in [0.15, 0.2) is 0 Å². The van der Waals surface area contributed by atoms with E-state index in [1.807, 2.05) is 17.5 Å². The van der Waals surface area contributed by atoms with Gasteiger partial charge >= 0.3 is 0 Å². The first-order chi connectivity index (χ1) is 15.1. The monoisotopic (exact) mass is 435 g/mol. The van der Waals surface area contributed by atoms with E-state index >= 15 is 0 Å². The first kappa shape index (κ1) is 20.8. The minimum Gasteiger partial charge on any atom is -0.349 e. The van der Waals surface area contributed by atoms with Gasteiger partial charge in [0.2, 0.25) is 5.91 Å². The van der Waals surface area contributed by atoms with Gasteiger partial charge < -0.3 is 5.32 Å². The van der Waals surface area contributed by atoms with Crippen molar-refractivity contribution in [3.63, 3.8) is 0 Å². The van der Waals surface area contributed by atoms with Crippen molar-refractivity contribution in [2.45, 2.75) is 18.9 Å². The topological polar surface area (TPSA) is 54.9 Å². The third-order valence-corrected chi connectivity index (χ3v) is 5.66. The van der Waals surface area contributed by atoms with Crippen molar-refractivity contribution in [3.8, 4) is 10.6 Å². The van der Waals surface area contributed by atoms with Gasteiger partial charge in [0.25, 0.3) is 0 Å². The van der Waals surface area contributed by atoms with Crippen LogP contribution in [0.25, 0.3) is 10.6 Å². The zero-order valence-corrected chi connectivity index (χ0v) is 17.3. The Morgan fingerprint density at radius 3 is 2.58 bits per heavy atom. The van der Waals surface area contributed by atoms with Crippen molar-refractivity contribution in [1.29, 1.82) is 0 Å². The van der Waals surface area contributed by atoms with Crippen molar-refractivity contribution < 1.29 is 13.6 Å². The number of carbonyl (C=O) groups is 1. The quantitative estimate of drug-likeness (QED) is 0.438. The van der Waals surface area contributed by atoms with Crippen LogP contribution in [-0.4, -0.2) is 15.9 Å². The maximum Gasteiger partial charge on any atom is 0.226 e. The molecule has 0 aliphatic rings. The molecule has 0 fully saturated rings. The molecule has 31 heavy (non-hydrogen) atoms. The normalized spacial score (nSPS) is 11.8. The molecule has 0 spiro atoms. The number of benzene rings is 2. The van der Waals surface area contributed by atoms with Crippen LogP contribution in [0, 0.1) is 11.6 Å². The van der Waals surface area contributed by atoms with Crippen LogP contribution < -0.4 is 5.32 Å². The molecule has 2 aromatic heterocycles.